The molecule has 2 N–H and O–H groups in total. The van der Waals surface area contributed by atoms with Crippen LogP contribution in [-0.4, -0.2) is 31.4 Å². The molecular weight excluding hydrogens is 397 g/mol. The number of nitrogens with zero attached hydrogens (tertiary/aromatic N) is 2. The van der Waals surface area contributed by atoms with Gasteiger partial charge in [0.1, 0.15) is 22.5 Å². The van der Waals surface area contributed by atoms with Gasteiger partial charge in [0.15, 0.2) is 0 Å². The van der Waals surface area contributed by atoms with Gasteiger partial charge in [0.2, 0.25) is 10.0 Å². The van der Waals surface area contributed by atoms with Crippen molar-refractivity contribution in [3.05, 3.63) is 47.5 Å². The number of aryl methyl sites for hydroxylation is 1. The van der Waals surface area contributed by atoms with Crippen molar-refractivity contribution in [2.45, 2.75) is 30.7 Å². The lowest BCUT2D eigenvalue weighted by molar-refractivity contribution is 0.101. The van der Waals surface area contributed by atoms with E-state index in [0.29, 0.717) is 0 Å². The first-order valence-corrected chi connectivity index (χ1v) is 9.55. The fourth-order valence-electron chi connectivity index (χ4n) is 2.37. The highest BCUT2D eigenvalue weighted by atomic mass is 32.2. The molecule has 1 unspecified atom stereocenters. The van der Waals surface area contributed by atoms with Crippen molar-refractivity contribution in [2.75, 3.05) is 5.32 Å². The zero-order valence-electron chi connectivity index (χ0n) is 14.9. The second kappa shape index (κ2) is 8.45. The van der Waals surface area contributed by atoms with Crippen molar-refractivity contribution in [2.24, 2.45) is 7.05 Å². The quantitative estimate of drug-likeness (QED) is 0.727. The van der Waals surface area contributed by atoms with E-state index in [4.69, 9.17) is 5.26 Å². The van der Waals surface area contributed by atoms with Crippen LogP contribution >= 0.6 is 0 Å². The number of halogens is 3. The maximum atomic E-state index is 13.4. The number of hydrogen-bond acceptors (Lipinski definition) is 4. The Balaban J connectivity index is 2.26. The number of carbonyl (C=O) groups excluding carboxylic acids is 1. The van der Waals surface area contributed by atoms with E-state index in [1.54, 1.807) is 6.07 Å². The fraction of sp³-hybridized carbons (Fsp3) is 0.294. The highest BCUT2D eigenvalue weighted by Crippen LogP contribution is 2.19. The van der Waals surface area contributed by atoms with E-state index in [2.05, 4.69) is 5.32 Å². The molecule has 0 spiro atoms. The molecule has 150 valence electrons. The van der Waals surface area contributed by atoms with Crippen LogP contribution in [0.2, 0.25) is 0 Å². The molecule has 28 heavy (non-hydrogen) atoms. The molecule has 1 amide bonds. The maximum Gasteiger partial charge on any atom is 0.272 e. The number of hydrogen-bond donors (Lipinski definition) is 2. The number of aromatic nitrogens is 1. The normalized spacial score (nSPS) is 12.6. The van der Waals surface area contributed by atoms with Crippen LogP contribution in [0.5, 0.6) is 0 Å². The standard InChI is InChI=1S/C17H17F3N4O3S/c1-3-14(16(19)20)23-28(26,27)12-7-15(24(2)9-12)17(25)22-11-4-5-13(18)10(6-11)8-21/h4-7,9,14,16,23H,3H2,1-2H3,(H,22,25). The summed E-state index contributed by atoms with van der Waals surface area (Å²) < 4.78 is 66.8. The van der Waals surface area contributed by atoms with E-state index in [1.807, 2.05) is 4.72 Å². The second-order valence-electron chi connectivity index (χ2n) is 5.90. The van der Waals surface area contributed by atoms with E-state index >= 15 is 0 Å². The summed E-state index contributed by atoms with van der Waals surface area (Å²) in [7, 11) is -2.86. The van der Waals surface area contributed by atoms with Gasteiger partial charge >= 0.3 is 0 Å². The average molecular weight is 414 g/mol. The third kappa shape index (κ3) is 4.71. The van der Waals surface area contributed by atoms with Crippen LogP contribution in [-0.2, 0) is 17.1 Å². The lowest BCUT2D eigenvalue weighted by atomic mass is 10.2. The van der Waals surface area contributed by atoms with Crippen LogP contribution in [0.15, 0.2) is 35.4 Å². The number of sulfonamides is 1. The molecule has 0 radical (unpaired) electrons. The first kappa shape index (κ1) is 21.5. The summed E-state index contributed by atoms with van der Waals surface area (Å²) in [5.41, 5.74) is -0.210. The zero-order chi connectivity index (χ0) is 21.1. The largest absolute Gasteiger partial charge is 0.345 e. The van der Waals surface area contributed by atoms with Gasteiger partial charge < -0.3 is 9.88 Å². The first-order chi connectivity index (χ1) is 13.1. The summed E-state index contributed by atoms with van der Waals surface area (Å²) in [6.07, 6.45) is -1.87. The van der Waals surface area contributed by atoms with Gasteiger partial charge in [-0.1, -0.05) is 6.92 Å². The summed E-state index contributed by atoms with van der Waals surface area (Å²) in [4.78, 5) is 12.1. The Morgan fingerprint density at radius 2 is 2.00 bits per heavy atom. The first-order valence-electron chi connectivity index (χ1n) is 8.07. The molecule has 0 aliphatic carbocycles. The van der Waals surface area contributed by atoms with Gasteiger partial charge in [-0.25, -0.2) is 26.3 Å². The lowest BCUT2D eigenvalue weighted by Crippen LogP contribution is -2.39. The van der Waals surface area contributed by atoms with Crippen LogP contribution in [0.4, 0.5) is 18.9 Å². The van der Waals surface area contributed by atoms with Crippen molar-refractivity contribution < 1.29 is 26.4 Å². The van der Waals surface area contributed by atoms with Crippen molar-refractivity contribution in [3.8, 4) is 6.07 Å². The van der Waals surface area contributed by atoms with E-state index in [-0.39, 0.29) is 28.3 Å². The van der Waals surface area contributed by atoms with Crippen molar-refractivity contribution in [3.63, 3.8) is 0 Å². The Morgan fingerprint density at radius 3 is 2.57 bits per heavy atom. The van der Waals surface area contributed by atoms with Crippen molar-refractivity contribution in [1.29, 1.82) is 5.26 Å². The molecule has 2 aromatic rings. The Labute approximate surface area is 159 Å². The number of rotatable bonds is 7. The third-order valence-corrected chi connectivity index (χ3v) is 5.37. The summed E-state index contributed by atoms with van der Waals surface area (Å²) >= 11 is 0. The van der Waals surface area contributed by atoms with Crippen LogP contribution in [0, 0.1) is 17.1 Å². The summed E-state index contributed by atoms with van der Waals surface area (Å²) in [5, 5.41) is 11.3. The van der Waals surface area contributed by atoms with Gasteiger partial charge in [-0.05, 0) is 30.7 Å². The smallest absolute Gasteiger partial charge is 0.272 e. The third-order valence-electron chi connectivity index (χ3n) is 3.92. The van der Waals surface area contributed by atoms with Gasteiger partial charge in [0.25, 0.3) is 12.3 Å². The van der Waals surface area contributed by atoms with E-state index in [9.17, 15) is 26.4 Å². The highest BCUT2D eigenvalue weighted by molar-refractivity contribution is 7.89. The number of anilines is 1. The molecule has 1 heterocycles. The minimum atomic E-state index is -4.26. The van der Waals surface area contributed by atoms with Gasteiger partial charge in [-0.15, -0.1) is 0 Å². The molecule has 1 aromatic carbocycles. The molecule has 2 rings (SSSR count). The SMILES string of the molecule is CCC(NS(=O)(=O)c1cc(C(=O)Nc2ccc(F)c(C#N)c2)n(C)c1)C(F)F. The zero-order valence-corrected chi connectivity index (χ0v) is 15.7. The number of benzene rings is 1. The maximum absolute atomic E-state index is 13.4. The van der Waals surface area contributed by atoms with Gasteiger partial charge in [-0.3, -0.25) is 4.79 Å². The minimum Gasteiger partial charge on any atom is -0.345 e. The molecule has 1 aromatic heterocycles. The number of amides is 1. The number of nitrogens with one attached hydrogen (secondary N) is 2. The molecule has 7 nitrogen and oxygen atoms in total. The summed E-state index contributed by atoms with van der Waals surface area (Å²) in [6.45, 7) is 1.42. The number of alkyl halides is 2. The average Bonchev–Trinajstić information content (AvgIpc) is 3.04. The molecule has 0 fully saturated rings. The molecule has 0 aliphatic heterocycles. The predicted molar refractivity (Wildman–Crippen MR) is 94.9 cm³/mol. The van der Waals surface area contributed by atoms with E-state index in [1.165, 1.54) is 24.6 Å². The Hall–Kier alpha value is -2.84. The summed E-state index contributed by atoms with van der Waals surface area (Å²) in [5.74, 6) is -1.47. The minimum absolute atomic E-state index is 0.0756. The Bertz CT molecular complexity index is 1030. The van der Waals surface area contributed by atoms with Crippen molar-refractivity contribution >= 4 is 21.6 Å². The van der Waals surface area contributed by atoms with Crippen LogP contribution in [0.3, 0.4) is 0 Å². The molecule has 0 saturated heterocycles. The molecule has 0 bridgehead atoms. The van der Waals surface area contributed by atoms with Gasteiger partial charge in [-0.2, -0.15) is 5.26 Å². The highest BCUT2D eigenvalue weighted by Gasteiger charge is 2.27. The Kier molecular flexibility index (Phi) is 6.48. The molecule has 1 atom stereocenters. The summed E-state index contributed by atoms with van der Waals surface area (Å²) in [6, 6.07) is 4.50. The van der Waals surface area contributed by atoms with E-state index in [0.717, 1.165) is 24.4 Å². The number of nitriles is 1. The lowest BCUT2D eigenvalue weighted by Gasteiger charge is -2.15. The number of carbonyl (C=O) groups is 1. The Morgan fingerprint density at radius 1 is 1.32 bits per heavy atom. The van der Waals surface area contributed by atoms with Crippen molar-refractivity contribution in [1.82, 2.24) is 9.29 Å². The molecule has 0 aliphatic rings. The van der Waals surface area contributed by atoms with Crippen LogP contribution < -0.4 is 10.0 Å². The predicted octanol–water partition coefficient (Wildman–Crippen LogP) is 2.61. The topological polar surface area (TPSA) is 104 Å². The fourth-order valence-corrected chi connectivity index (χ4v) is 3.74. The van der Waals surface area contributed by atoms with Gasteiger partial charge in [0, 0.05) is 18.9 Å². The van der Waals surface area contributed by atoms with Crippen LogP contribution in [0.25, 0.3) is 0 Å². The monoisotopic (exact) mass is 414 g/mol. The van der Waals surface area contributed by atoms with Gasteiger partial charge in [0.05, 0.1) is 11.6 Å². The molecule has 0 saturated carbocycles. The van der Waals surface area contributed by atoms with Crippen LogP contribution in [0.1, 0.15) is 29.4 Å². The molecular formula is C17H17F3N4O3S. The van der Waals surface area contributed by atoms with E-state index < -0.39 is 34.2 Å². The molecule has 11 heteroatoms. The second-order valence-corrected chi connectivity index (χ2v) is 7.62.